The second-order valence-corrected chi connectivity index (χ2v) is 6.15. The highest BCUT2D eigenvalue weighted by Crippen LogP contribution is 2.32. The average Bonchev–Trinajstić information content (AvgIpc) is 2.54. The maximum absolute atomic E-state index is 11.2. The zero-order chi connectivity index (χ0) is 18.6. The van der Waals surface area contributed by atoms with Crippen LogP contribution in [0.15, 0.2) is 0 Å². The number of ether oxygens (including phenoxy) is 1. The molecule has 5 atom stereocenters. The first kappa shape index (κ1) is 23.6. The van der Waals surface area contributed by atoms with Gasteiger partial charge in [-0.05, 0) is 38.6 Å². The van der Waals surface area contributed by atoms with Crippen LogP contribution in [0.2, 0.25) is 0 Å². The summed E-state index contributed by atoms with van der Waals surface area (Å²) in [6.45, 7) is 0.122. The molecule has 0 bridgehead atoms. The minimum atomic E-state index is -1.54. The van der Waals surface area contributed by atoms with Gasteiger partial charge in [0, 0.05) is 25.1 Å². The van der Waals surface area contributed by atoms with Crippen molar-refractivity contribution in [2.45, 2.75) is 56.1 Å². The molecular weight excluding hydrogens is 316 g/mol. The van der Waals surface area contributed by atoms with Crippen LogP contribution in [0.4, 0.5) is 0 Å². The fourth-order valence-corrected chi connectivity index (χ4v) is 2.97. The molecule has 12 N–H and O–H groups in total. The van der Waals surface area contributed by atoms with E-state index in [0.29, 0.717) is 19.3 Å². The summed E-state index contributed by atoms with van der Waals surface area (Å²) in [5.74, 6) is -0.565. The Balaban J connectivity index is 5.27. The van der Waals surface area contributed by atoms with E-state index in [0.717, 1.165) is 0 Å². The van der Waals surface area contributed by atoms with E-state index in [4.69, 9.17) is 32.8 Å². The van der Waals surface area contributed by atoms with Gasteiger partial charge in [0.1, 0.15) is 12.3 Å². The lowest BCUT2D eigenvalue weighted by Crippen LogP contribution is -2.60. The molecule has 0 heterocycles. The molecule has 0 aliphatic heterocycles. The number of hydrogen-bond donors (Lipinski definition) is 8. The Kier molecular flexibility index (Phi) is 12.7. The third-order valence-corrected chi connectivity index (χ3v) is 4.36. The number of unbranched alkanes of at least 4 members (excludes halogenated alkanes) is 1. The lowest BCUT2D eigenvalue weighted by atomic mass is 9.74. The fourth-order valence-electron chi connectivity index (χ4n) is 2.97. The van der Waals surface area contributed by atoms with E-state index in [9.17, 15) is 15.3 Å². The standard InChI is InChI=1S/C15H36N4O5/c16-6-8-24-13(10-21)15(23,5-4-14(19)22)11(9-17)12(18)3-1-2-7-20/h11-14,20-23H,1-10,16-19H2. The van der Waals surface area contributed by atoms with Gasteiger partial charge in [-0.15, -0.1) is 0 Å². The Labute approximate surface area is 143 Å². The van der Waals surface area contributed by atoms with Crippen molar-refractivity contribution in [1.29, 1.82) is 0 Å². The lowest BCUT2D eigenvalue weighted by Gasteiger charge is -2.43. The zero-order valence-corrected chi connectivity index (χ0v) is 14.4. The smallest absolute Gasteiger partial charge is 0.110 e. The van der Waals surface area contributed by atoms with Crippen LogP contribution in [0.5, 0.6) is 0 Å². The quantitative estimate of drug-likeness (QED) is 0.113. The molecule has 0 amide bonds. The average molecular weight is 352 g/mol. The van der Waals surface area contributed by atoms with Crippen LogP contribution in [0.1, 0.15) is 32.1 Å². The van der Waals surface area contributed by atoms with Crippen molar-refractivity contribution >= 4 is 0 Å². The van der Waals surface area contributed by atoms with E-state index in [2.05, 4.69) is 0 Å². The van der Waals surface area contributed by atoms with Crippen molar-refractivity contribution in [3.63, 3.8) is 0 Å². The van der Waals surface area contributed by atoms with Gasteiger partial charge in [0.05, 0.1) is 18.8 Å². The number of hydrogen-bond acceptors (Lipinski definition) is 9. The van der Waals surface area contributed by atoms with Crippen molar-refractivity contribution in [3.8, 4) is 0 Å². The molecule has 0 fully saturated rings. The molecule has 0 saturated carbocycles. The minimum absolute atomic E-state index is 0.0719. The summed E-state index contributed by atoms with van der Waals surface area (Å²) in [6.07, 6.45) is 0.0152. The molecule has 0 aliphatic carbocycles. The highest BCUT2D eigenvalue weighted by atomic mass is 16.5. The Morgan fingerprint density at radius 2 is 1.71 bits per heavy atom. The van der Waals surface area contributed by atoms with Crippen molar-refractivity contribution in [2.24, 2.45) is 28.9 Å². The Morgan fingerprint density at radius 1 is 1.04 bits per heavy atom. The van der Waals surface area contributed by atoms with E-state index in [1.807, 2.05) is 0 Å². The summed E-state index contributed by atoms with van der Waals surface area (Å²) in [7, 11) is 0. The van der Waals surface area contributed by atoms with E-state index in [-0.39, 0.29) is 39.1 Å². The third-order valence-electron chi connectivity index (χ3n) is 4.36. The minimum Gasteiger partial charge on any atom is -0.396 e. The van der Waals surface area contributed by atoms with Gasteiger partial charge < -0.3 is 48.1 Å². The molecular formula is C15H36N4O5. The van der Waals surface area contributed by atoms with Gasteiger partial charge in [-0.25, -0.2) is 0 Å². The van der Waals surface area contributed by atoms with Crippen LogP contribution >= 0.6 is 0 Å². The summed E-state index contributed by atoms with van der Waals surface area (Å²) < 4.78 is 5.50. The number of aliphatic hydroxyl groups excluding tert-OH is 3. The van der Waals surface area contributed by atoms with E-state index >= 15 is 0 Å². The predicted molar refractivity (Wildman–Crippen MR) is 91.7 cm³/mol. The Bertz CT molecular complexity index is 312. The fraction of sp³-hybridized carbons (Fsp3) is 1.00. The molecule has 146 valence electrons. The first-order valence-electron chi connectivity index (χ1n) is 8.52. The highest BCUT2D eigenvalue weighted by Gasteiger charge is 2.46. The van der Waals surface area contributed by atoms with Gasteiger partial charge in [0.15, 0.2) is 0 Å². The molecule has 5 unspecified atom stereocenters. The normalized spacial score (nSPS) is 19.5. The van der Waals surface area contributed by atoms with Gasteiger partial charge in [0.2, 0.25) is 0 Å². The van der Waals surface area contributed by atoms with Crippen molar-refractivity contribution in [2.75, 3.05) is 32.9 Å². The van der Waals surface area contributed by atoms with Crippen molar-refractivity contribution < 1.29 is 25.2 Å². The van der Waals surface area contributed by atoms with Gasteiger partial charge >= 0.3 is 0 Å². The van der Waals surface area contributed by atoms with Crippen LogP contribution < -0.4 is 22.9 Å². The monoisotopic (exact) mass is 352 g/mol. The molecule has 0 aliphatic rings. The second-order valence-electron chi connectivity index (χ2n) is 6.15. The summed E-state index contributed by atoms with van der Waals surface area (Å²) in [4.78, 5) is 0. The van der Waals surface area contributed by atoms with Crippen LogP contribution in [-0.4, -0.2) is 77.3 Å². The molecule has 0 saturated heterocycles. The van der Waals surface area contributed by atoms with Crippen molar-refractivity contribution in [1.82, 2.24) is 0 Å². The first-order chi connectivity index (χ1) is 11.4. The molecule has 9 heteroatoms. The van der Waals surface area contributed by atoms with Gasteiger partial charge in [0.25, 0.3) is 0 Å². The topological polar surface area (TPSA) is 194 Å². The number of aliphatic hydroxyl groups is 4. The summed E-state index contributed by atoms with van der Waals surface area (Å²) >= 11 is 0. The van der Waals surface area contributed by atoms with Gasteiger partial charge in [-0.1, -0.05) is 0 Å². The molecule has 9 nitrogen and oxygen atoms in total. The van der Waals surface area contributed by atoms with Crippen molar-refractivity contribution in [3.05, 3.63) is 0 Å². The van der Waals surface area contributed by atoms with Crippen LogP contribution in [-0.2, 0) is 4.74 Å². The first-order valence-corrected chi connectivity index (χ1v) is 8.52. The molecule has 0 aromatic rings. The highest BCUT2D eigenvalue weighted by molar-refractivity contribution is 4.98. The lowest BCUT2D eigenvalue weighted by molar-refractivity contribution is -0.163. The molecule has 0 aromatic heterocycles. The third kappa shape index (κ3) is 7.68. The molecule has 0 rings (SSSR count). The second kappa shape index (κ2) is 12.9. The van der Waals surface area contributed by atoms with E-state index in [1.165, 1.54) is 0 Å². The SMILES string of the molecule is NCCOC(CO)C(O)(CCC(N)O)C(CN)C(N)CCCCO. The van der Waals surface area contributed by atoms with E-state index < -0.39 is 36.5 Å². The molecule has 0 radical (unpaired) electrons. The van der Waals surface area contributed by atoms with Gasteiger partial charge in [-0.2, -0.15) is 0 Å². The number of nitrogens with two attached hydrogens (primary N) is 4. The Hall–Kier alpha value is -0.360. The maximum atomic E-state index is 11.2. The summed E-state index contributed by atoms with van der Waals surface area (Å²) in [5, 5.41) is 39.1. The zero-order valence-electron chi connectivity index (χ0n) is 14.4. The molecule has 24 heavy (non-hydrogen) atoms. The van der Waals surface area contributed by atoms with Crippen LogP contribution in [0, 0.1) is 5.92 Å². The molecule has 0 spiro atoms. The Morgan fingerprint density at radius 3 is 2.17 bits per heavy atom. The van der Waals surface area contributed by atoms with E-state index in [1.54, 1.807) is 0 Å². The molecule has 0 aromatic carbocycles. The largest absolute Gasteiger partial charge is 0.396 e. The van der Waals surface area contributed by atoms with Gasteiger partial charge in [-0.3, -0.25) is 0 Å². The number of rotatable bonds is 15. The summed E-state index contributed by atoms with van der Waals surface area (Å²) in [5.41, 5.74) is 21.3. The van der Waals surface area contributed by atoms with Crippen LogP contribution in [0.3, 0.4) is 0 Å². The predicted octanol–water partition coefficient (Wildman–Crippen LogP) is -2.82. The van der Waals surface area contributed by atoms with Crippen LogP contribution in [0.25, 0.3) is 0 Å². The maximum Gasteiger partial charge on any atom is 0.110 e. The summed E-state index contributed by atoms with van der Waals surface area (Å²) in [6, 6.07) is -0.447.